The van der Waals surface area contributed by atoms with Crippen molar-refractivity contribution in [1.29, 1.82) is 0 Å². The number of tetrazole rings is 1. The summed E-state index contributed by atoms with van der Waals surface area (Å²) in [7, 11) is 1.59. The number of aryl methyl sites for hydroxylation is 1. The molecule has 8 heteroatoms. The number of rotatable bonds is 8. The number of aromatic nitrogens is 4. The summed E-state index contributed by atoms with van der Waals surface area (Å²) in [5.74, 6) is 1.90. The predicted octanol–water partition coefficient (Wildman–Crippen LogP) is 2.76. The number of hydrogen-bond donors (Lipinski definition) is 1. The van der Waals surface area contributed by atoms with E-state index in [4.69, 9.17) is 21.1 Å². The van der Waals surface area contributed by atoms with Crippen LogP contribution in [0.3, 0.4) is 0 Å². The quantitative estimate of drug-likeness (QED) is 0.804. The number of methoxy groups -OCH3 is 1. The van der Waals surface area contributed by atoms with Crippen molar-refractivity contribution >= 4 is 17.5 Å². The Kier molecular flexibility index (Phi) is 5.83. The maximum absolute atomic E-state index is 6.29. The van der Waals surface area contributed by atoms with Crippen LogP contribution in [0.25, 0.3) is 0 Å². The Morgan fingerprint density at radius 1 is 1.27 bits per heavy atom. The molecule has 0 unspecified atom stereocenters. The molecule has 0 aliphatic heterocycles. The summed E-state index contributed by atoms with van der Waals surface area (Å²) in [4.78, 5) is 0. The average Bonchev–Trinajstić information content (AvgIpc) is 2.95. The molecule has 0 bridgehead atoms. The number of halogens is 1. The maximum Gasteiger partial charge on any atom is 0.243 e. The van der Waals surface area contributed by atoms with Crippen LogP contribution in [0, 0.1) is 0 Å². The molecule has 1 heterocycles. The lowest BCUT2D eigenvalue weighted by Gasteiger charge is -2.13. The van der Waals surface area contributed by atoms with Crippen molar-refractivity contribution in [3.63, 3.8) is 0 Å². The van der Waals surface area contributed by atoms with E-state index < -0.39 is 0 Å². The maximum atomic E-state index is 6.29. The normalized spacial score (nSPS) is 10.5. The van der Waals surface area contributed by atoms with Gasteiger partial charge in [-0.3, -0.25) is 0 Å². The lowest BCUT2D eigenvalue weighted by atomic mass is 10.2. The Hall–Kier alpha value is -2.02. The van der Waals surface area contributed by atoms with Crippen molar-refractivity contribution in [2.45, 2.75) is 33.4 Å². The Labute approximate surface area is 134 Å². The molecule has 0 fully saturated rings. The minimum absolute atomic E-state index is 0.493. The molecule has 1 aromatic heterocycles. The third-order valence-electron chi connectivity index (χ3n) is 3.04. The summed E-state index contributed by atoms with van der Waals surface area (Å²) in [5, 5.41) is 15.4. The van der Waals surface area contributed by atoms with E-state index in [1.807, 2.05) is 13.0 Å². The lowest BCUT2D eigenvalue weighted by Crippen LogP contribution is -2.09. The molecule has 0 spiro atoms. The molecule has 0 radical (unpaired) electrons. The van der Waals surface area contributed by atoms with E-state index in [1.54, 1.807) is 17.9 Å². The van der Waals surface area contributed by atoms with Crippen LogP contribution in [0.5, 0.6) is 11.5 Å². The van der Waals surface area contributed by atoms with E-state index in [9.17, 15) is 0 Å². The number of hydrogen-bond acceptors (Lipinski definition) is 6. The van der Waals surface area contributed by atoms with Gasteiger partial charge < -0.3 is 14.8 Å². The van der Waals surface area contributed by atoms with Gasteiger partial charge in [0.1, 0.15) is 0 Å². The first-order chi connectivity index (χ1) is 10.7. The number of ether oxygens (including phenoxy) is 2. The van der Waals surface area contributed by atoms with Crippen LogP contribution in [0.1, 0.15) is 25.8 Å². The van der Waals surface area contributed by atoms with E-state index >= 15 is 0 Å². The summed E-state index contributed by atoms with van der Waals surface area (Å²) in [6.07, 6.45) is 0.956. The first kappa shape index (κ1) is 16.4. The Bertz CT molecular complexity index is 617. The van der Waals surface area contributed by atoms with Gasteiger partial charge in [-0.1, -0.05) is 23.6 Å². The molecular weight excluding hydrogens is 306 g/mol. The second kappa shape index (κ2) is 7.84. The molecule has 1 aromatic carbocycles. The molecule has 0 aliphatic rings. The zero-order valence-corrected chi connectivity index (χ0v) is 13.7. The van der Waals surface area contributed by atoms with Gasteiger partial charge in [-0.2, -0.15) is 0 Å². The Balaban J connectivity index is 2.15. The lowest BCUT2D eigenvalue weighted by molar-refractivity contribution is 0.310. The fourth-order valence-corrected chi connectivity index (χ4v) is 2.23. The van der Waals surface area contributed by atoms with Crippen molar-refractivity contribution in [3.8, 4) is 11.5 Å². The molecule has 0 saturated heterocycles. The number of benzene rings is 1. The molecule has 120 valence electrons. The van der Waals surface area contributed by atoms with Gasteiger partial charge in [-0.25, -0.2) is 4.68 Å². The fraction of sp³-hybridized carbons (Fsp3) is 0.500. The van der Waals surface area contributed by atoms with Crippen LogP contribution >= 0.6 is 11.6 Å². The second-order valence-corrected chi connectivity index (χ2v) is 5.01. The first-order valence-electron chi connectivity index (χ1n) is 7.18. The van der Waals surface area contributed by atoms with Gasteiger partial charge in [0.25, 0.3) is 0 Å². The highest BCUT2D eigenvalue weighted by Gasteiger charge is 2.12. The third-order valence-corrected chi connectivity index (χ3v) is 3.39. The van der Waals surface area contributed by atoms with Crippen LogP contribution in [0.15, 0.2) is 12.1 Å². The largest absolute Gasteiger partial charge is 0.493 e. The summed E-state index contributed by atoms with van der Waals surface area (Å²) in [6.45, 7) is 5.80. The third kappa shape index (κ3) is 3.79. The number of anilines is 1. The minimum atomic E-state index is 0.493. The summed E-state index contributed by atoms with van der Waals surface area (Å²) < 4.78 is 12.6. The number of nitrogens with one attached hydrogen (secondary N) is 1. The van der Waals surface area contributed by atoms with E-state index in [-0.39, 0.29) is 0 Å². The van der Waals surface area contributed by atoms with E-state index in [2.05, 4.69) is 27.8 Å². The van der Waals surface area contributed by atoms with Crippen molar-refractivity contribution in [2.75, 3.05) is 19.0 Å². The van der Waals surface area contributed by atoms with Gasteiger partial charge in [0.15, 0.2) is 11.5 Å². The van der Waals surface area contributed by atoms with Gasteiger partial charge >= 0.3 is 0 Å². The molecule has 2 rings (SSSR count). The molecule has 1 N–H and O–H groups in total. The van der Waals surface area contributed by atoms with Crippen LogP contribution in [0.4, 0.5) is 5.95 Å². The van der Waals surface area contributed by atoms with Crippen LogP contribution < -0.4 is 14.8 Å². The van der Waals surface area contributed by atoms with Crippen LogP contribution in [-0.2, 0) is 13.1 Å². The molecule has 0 amide bonds. The molecule has 2 aromatic rings. The zero-order chi connectivity index (χ0) is 15.9. The minimum Gasteiger partial charge on any atom is -0.493 e. The van der Waals surface area contributed by atoms with Gasteiger partial charge in [-0.15, -0.1) is 0 Å². The Morgan fingerprint density at radius 3 is 2.77 bits per heavy atom. The van der Waals surface area contributed by atoms with Gasteiger partial charge in [-0.05, 0) is 35.4 Å². The first-order valence-corrected chi connectivity index (χ1v) is 7.56. The highest BCUT2D eigenvalue weighted by atomic mass is 35.5. The molecule has 0 saturated carbocycles. The van der Waals surface area contributed by atoms with Gasteiger partial charge in [0.05, 0.1) is 13.7 Å². The van der Waals surface area contributed by atoms with E-state index in [0.29, 0.717) is 35.6 Å². The van der Waals surface area contributed by atoms with Gasteiger partial charge in [0.2, 0.25) is 5.95 Å². The van der Waals surface area contributed by atoms with E-state index in [0.717, 1.165) is 18.5 Å². The highest BCUT2D eigenvalue weighted by molar-refractivity contribution is 6.31. The van der Waals surface area contributed by atoms with Crippen molar-refractivity contribution in [3.05, 3.63) is 22.7 Å². The van der Waals surface area contributed by atoms with Crippen LogP contribution in [0.2, 0.25) is 5.02 Å². The Morgan fingerprint density at radius 2 is 2.09 bits per heavy atom. The molecule has 0 atom stereocenters. The standard InChI is InChI=1S/C14H20ClN5O2/c1-4-6-20-14(17-18-19-20)16-9-10-7-13(22-5-2)12(21-3)8-11(10)15/h7-8H,4-6,9H2,1-3H3,(H,16,17,19). The molecule has 0 aliphatic carbocycles. The summed E-state index contributed by atoms with van der Waals surface area (Å²) >= 11 is 6.29. The van der Waals surface area contributed by atoms with E-state index in [1.165, 1.54) is 0 Å². The SMILES string of the molecule is CCCn1nnnc1NCc1cc(OCC)c(OC)cc1Cl. The van der Waals surface area contributed by atoms with Crippen molar-refractivity contribution in [1.82, 2.24) is 20.2 Å². The number of nitrogens with zero attached hydrogens (tertiary/aromatic N) is 4. The predicted molar refractivity (Wildman–Crippen MR) is 84.6 cm³/mol. The second-order valence-electron chi connectivity index (χ2n) is 4.61. The topological polar surface area (TPSA) is 74.1 Å². The van der Waals surface area contributed by atoms with Crippen LogP contribution in [-0.4, -0.2) is 33.9 Å². The average molecular weight is 326 g/mol. The smallest absolute Gasteiger partial charge is 0.243 e. The zero-order valence-electron chi connectivity index (χ0n) is 13.0. The monoisotopic (exact) mass is 325 g/mol. The molecule has 7 nitrogen and oxygen atoms in total. The molecular formula is C14H20ClN5O2. The molecule has 22 heavy (non-hydrogen) atoms. The van der Waals surface area contributed by atoms with Gasteiger partial charge in [0, 0.05) is 24.2 Å². The highest BCUT2D eigenvalue weighted by Crippen LogP contribution is 2.33. The van der Waals surface area contributed by atoms with Crippen molar-refractivity contribution in [2.24, 2.45) is 0 Å². The van der Waals surface area contributed by atoms with Crippen molar-refractivity contribution < 1.29 is 9.47 Å². The summed E-state index contributed by atoms with van der Waals surface area (Å²) in [5.41, 5.74) is 0.886. The summed E-state index contributed by atoms with van der Waals surface area (Å²) in [6, 6.07) is 3.62. The fourth-order valence-electron chi connectivity index (χ4n) is 2.01.